The highest BCUT2D eigenvalue weighted by Crippen LogP contribution is 2.48. The fraction of sp³-hybridized carbons (Fsp3) is 0.391. The Morgan fingerprint density at radius 2 is 1.97 bits per heavy atom. The third kappa shape index (κ3) is 3.32. The summed E-state index contributed by atoms with van der Waals surface area (Å²) in [5.74, 6) is 0.540. The van der Waals surface area contributed by atoms with Gasteiger partial charge in [-0.2, -0.15) is 0 Å². The smallest absolute Gasteiger partial charge is 0.290 e. The van der Waals surface area contributed by atoms with E-state index in [4.69, 9.17) is 9.15 Å². The number of hydrogen-bond donors (Lipinski definition) is 0. The second-order valence-electron chi connectivity index (χ2n) is 7.97. The number of ether oxygens (including phenoxy) is 1. The van der Waals surface area contributed by atoms with E-state index in [1.807, 2.05) is 36.6 Å². The summed E-state index contributed by atoms with van der Waals surface area (Å²) in [6, 6.07) is 11.2. The normalized spacial score (nSPS) is 28.4. The van der Waals surface area contributed by atoms with Gasteiger partial charge in [0, 0.05) is 9.72 Å². The fourth-order valence-electron chi connectivity index (χ4n) is 4.73. The summed E-state index contributed by atoms with van der Waals surface area (Å²) in [5, 5.41) is 0. The minimum atomic E-state index is -0.461. The zero-order chi connectivity index (χ0) is 20.8. The van der Waals surface area contributed by atoms with E-state index in [-0.39, 0.29) is 29.5 Å². The number of thioether (sulfide) groups is 1. The highest BCUT2D eigenvalue weighted by atomic mass is 79.9. The first-order valence-electron chi connectivity index (χ1n) is 10.1. The van der Waals surface area contributed by atoms with E-state index in [1.165, 1.54) is 0 Å². The summed E-state index contributed by atoms with van der Waals surface area (Å²) in [5.41, 5.74) is 1.42. The number of amides is 1. The molecule has 3 aliphatic rings. The molecule has 4 unspecified atom stereocenters. The van der Waals surface area contributed by atoms with Crippen LogP contribution >= 0.6 is 27.7 Å². The van der Waals surface area contributed by atoms with Gasteiger partial charge in [-0.25, -0.2) is 0 Å². The van der Waals surface area contributed by atoms with Crippen molar-refractivity contribution >= 4 is 39.4 Å². The van der Waals surface area contributed by atoms with Crippen LogP contribution in [-0.2, 0) is 20.9 Å². The molecule has 5 rings (SSSR count). The lowest BCUT2D eigenvalue weighted by molar-refractivity contribution is -0.135. The molecule has 1 aromatic heterocycles. The maximum absolute atomic E-state index is 13.6. The van der Waals surface area contributed by atoms with Gasteiger partial charge in [0.2, 0.25) is 0 Å². The molecule has 2 aromatic rings. The maximum atomic E-state index is 13.6. The van der Waals surface area contributed by atoms with Gasteiger partial charge in [-0.3, -0.25) is 9.59 Å². The predicted molar refractivity (Wildman–Crippen MR) is 117 cm³/mol. The van der Waals surface area contributed by atoms with Crippen LogP contribution in [0.5, 0.6) is 0 Å². The van der Waals surface area contributed by atoms with Gasteiger partial charge in [0.05, 0.1) is 30.3 Å². The lowest BCUT2D eigenvalue weighted by atomic mass is 9.77. The average molecular weight is 488 g/mol. The molecule has 0 saturated heterocycles. The highest BCUT2D eigenvalue weighted by molar-refractivity contribution is 9.09. The van der Waals surface area contributed by atoms with Crippen LogP contribution in [0.2, 0.25) is 0 Å². The van der Waals surface area contributed by atoms with Crippen molar-refractivity contribution < 1.29 is 18.7 Å². The molecule has 1 saturated carbocycles. The van der Waals surface area contributed by atoms with Crippen LogP contribution in [-0.4, -0.2) is 33.8 Å². The molecule has 0 N–H and O–H groups in total. The van der Waals surface area contributed by atoms with Crippen molar-refractivity contribution in [3.63, 3.8) is 0 Å². The van der Waals surface area contributed by atoms with Crippen molar-refractivity contribution in [1.29, 1.82) is 0 Å². The minimum absolute atomic E-state index is 0.0552. The quantitative estimate of drug-likeness (QED) is 0.454. The van der Waals surface area contributed by atoms with Crippen LogP contribution in [0.25, 0.3) is 0 Å². The monoisotopic (exact) mass is 487 g/mol. The Balaban J connectivity index is 1.57. The molecule has 0 spiro atoms. The Bertz CT molecular complexity index is 1000. The van der Waals surface area contributed by atoms with Gasteiger partial charge in [0.15, 0.2) is 11.5 Å². The van der Waals surface area contributed by atoms with Crippen LogP contribution < -0.4 is 0 Å². The molecule has 2 aliphatic heterocycles. The summed E-state index contributed by atoms with van der Waals surface area (Å²) in [7, 11) is 0. The van der Waals surface area contributed by atoms with Gasteiger partial charge in [0.1, 0.15) is 11.9 Å². The van der Waals surface area contributed by atoms with Crippen LogP contribution in [0, 0.1) is 5.92 Å². The van der Waals surface area contributed by atoms with Gasteiger partial charge in [-0.1, -0.05) is 28.1 Å². The molecule has 4 atom stereocenters. The van der Waals surface area contributed by atoms with Crippen molar-refractivity contribution in [1.82, 2.24) is 4.90 Å². The Hall–Kier alpha value is -1.99. The van der Waals surface area contributed by atoms with E-state index in [0.717, 1.165) is 29.7 Å². The minimum Gasteiger partial charge on any atom is -0.483 e. The number of rotatable bonds is 4. The molecule has 3 heterocycles. The lowest BCUT2D eigenvalue weighted by Gasteiger charge is -2.37. The van der Waals surface area contributed by atoms with E-state index < -0.39 is 6.04 Å². The molecular weight excluding hydrogens is 466 g/mol. The number of carbonyl (C=O) groups excluding carboxylic acids is 2. The number of carbonyl (C=O) groups is 2. The van der Waals surface area contributed by atoms with Gasteiger partial charge in [-0.15, -0.1) is 11.8 Å². The number of fused-ring (bicyclic) bond motifs is 1. The van der Waals surface area contributed by atoms with E-state index in [1.54, 1.807) is 29.0 Å². The zero-order valence-corrected chi connectivity index (χ0v) is 18.9. The van der Waals surface area contributed by atoms with Crippen LogP contribution in [0.15, 0.2) is 63.3 Å². The number of halogens is 1. The topological polar surface area (TPSA) is 59.8 Å². The standard InChI is InChI=1S/C23H22BrNO4S/c1-30-16-7-4-13(5-8-16)20-19-21(26)17-11-14(24)6-9-18(17)29-22(19)23(27)25(20)12-15-3-2-10-28-15/h2-5,7-8,10,14,17-18,20H,6,9,11-12H2,1H3. The van der Waals surface area contributed by atoms with Gasteiger partial charge >= 0.3 is 0 Å². The number of alkyl halides is 1. The largest absolute Gasteiger partial charge is 0.483 e. The third-order valence-electron chi connectivity index (χ3n) is 6.22. The first-order valence-corrected chi connectivity index (χ1v) is 12.3. The molecule has 30 heavy (non-hydrogen) atoms. The van der Waals surface area contributed by atoms with Crippen LogP contribution in [0.1, 0.15) is 36.6 Å². The number of nitrogens with zero attached hydrogens (tertiary/aromatic N) is 1. The SMILES string of the molecule is CSc1ccc(C2C3=C(OC4CCC(Br)CC4C3=O)C(=O)N2Cc2ccco2)cc1. The predicted octanol–water partition coefficient (Wildman–Crippen LogP) is 4.87. The van der Waals surface area contributed by atoms with Gasteiger partial charge in [0.25, 0.3) is 5.91 Å². The molecule has 1 fully saturated rings. The van der Waals surface area contributed by atoms with Gasteiger partial charge < -0.3 is 14.1 Å². The summed E-state index contributed by atoms with van der Waals surface area (Å²) in [6.07, 6.45) is 5.87. The molecule has 0 radical (unpaired) electrons. The van der Waals surface area contributed by atoms with Gasteiger partial charge in [-0.05, 0) is 55.3 Å². The van der Waals surface area contributed by atoms with E-state index in [2.05, 4.69) is 15.9 Å². The summed E-state index contributed by atoms with van der Waals surface area (Å²) in [4.78, 5) is 30.2. The molecule has 156 valence electrons. The van der Waals surface area contributed by atoms with E-state index >= 15 is 0 Å². The second kappa shape index (κ2) is 7.93. The third-order valence-corrected chi connectivity index (χ3v) is 7.79. The van der Waals surface area contributed by atoms with E-state index in [0.29, 0.717) is 22.7 Å². The molecule has 5 nitrogen and oxygen atoms in total. The molecule has 1 amide bonds. The summed E-state index contributed by atoms with van der Waals surface area (Å²) in [6.45, 7) is 0.292. The van der Waals surface area contributed by atoms with Crippen molar-refractivity contribution in [3.8, 4) is 0 Å². The molecule has 1 aromatic carbocycles. The second-order valence-corrected chi connectivity index (χ2v) is 10.1. The number of ketones is 1. The molecule has 1 aliphatic carbocycles. The van der Waals surface area contributed by atoms with Crippen molar-refractivity contribution in [2.75, 3.05) is 6.26 Å². The number of benzene rings is 1. The summed E-state index contributed by atoms with van der Waals surface area (Å²) < 4.78 is 11.7. The number of hydrogen-bond acceptors (Lipinski definition) is 5. The lowest BCUT2D eigenvalue weighted by Crippen LogP contribution is -2.41. The van der Waals surface area contributed by atoms with Crippen LogP contribution in [0.3, 0.4) is 0 Å². The summed E-state index contributed by atoms with van der Waals surface area (Å²) >= 11 is 5.33. The van der Waals surface area contributed by atoms with Crippen LogP contribution in [0.4, 0.5) is 0 Å². The van der Waals surface area contributed by atoms with Crippen molar-refractivity contribution in [2.24, 2.45) is 5.92 Å². The Morgan fingerprint density at radius 1 is 1.17 bits per heavy atom. The molecular formula is C23H22BrNO4S. The van der Waals surface area contributed by atoms with Crippen molar-refractivity contribution in [2.45, 2.75) is 47.7 Å². The fourth-order valence-corrected chi connectivity index (χ4v) is 5.80. The molecule has 7 heteroatoms. The number of Topliss-reactive ketones (excluding diaryl/α,β-unsaturated/α-hetero) is 1. The first-order chi connectivity index (χ1) is 14.6. The van der Waals surface area contributed by atoms with Crippen molar-refractivity contribution in [3.05, 3.63) is 65.3 Å². The Morgan fingerprint density at radius 3 is 2.67 bits per heavy atom. The first kappa shape index (κ1) is 19.9. The average Bonchev–Trinajstić information content (AvgIpc) is 3.37. The number of furan rings is 1. The van der Waals surface area contributed by atoms with E-state index in [9.17, 15) is 9.59 Å². The molecule has 0 bridgehead atoms. The Labute approximate surface area is 188 Å². The highest BCUT2D eigenvalue weighted by Gasteiger charge is 2.52. The zero-order valence-electron chi connectivity index (χ0n) is 16.5. The maximum Gasteiger partial charge on any atom is 0.290 e. The Kier molecular flexibility index (Phi) is 5.27.